The van der Waals surface area contributed by atoms with Gasteiger partial charge < -0.3 is 24.2 Å². The normalized spacial score (nSPS) is 25.6. The van der Waals surface area contributed by atoms with E-state index in [9.17, 15) is 10.1 Å². The Morgan fingerprint density at radius 2 is 1.90 bits per heavy atom. The fourth-order valence-electron chi connectivity index (χ4n) is 9.83. The number of fused-ring (bicyclic) bond motifs is 5. The van der Waals surface area contributed by atoms with Crippen LogP contribution in [0.1, 0.15) is 49.8 Å². The Balaban J connectivity index is 0.977. The van der Waals surface area contributed by atoms with Crippen molar-refractivity contribution in [2.75, 3.05) is 75.4 Å². The first-order chi connectivity index (χ1) is 25.5. The number of rotatable bonds is 9. The summed E-state index contributed by atoms with van der Waals surface area (Å²) in [5, 5.41) is 12.8. The number of piperazine rings is 1. The first-order valence-corrected chi connectivity index (χ1v) is 19.5. The smallest absolute Gasteiger partial charge is 0.318 e. The molecule has 272 valence electrons. The first-order valence-electron chi connectivity index (χ1n) is 19.1. The molecule has 0 spiro atoms. The number of ether oxygens (including phenoxy) is 2. The van der Waals surface area contributed by atoms with E-state index >= 15 is 0 Å². The minimum absolute atomic E-state index is 0.0319. The zero-order valence-corrected chi connectivity index (χ0v) is 30.5. The monoisotopic (exact) mass is 722 g/mol. The van der Waals surface area contributed by atoms with Crippen molar-refractivity contribution in [2.45, 2.75) is 75.2 Å². The molecule has 0 N–H and O–H groups in total. The number of nitrogens with zero attached hydrogens (tertiary/aromatic N) is 8. The van der Waals surface area contributed by atoms with Gasteiger partial charge in [0.25, 0.3) is 0 Å². The Bertz CT molecular complexity index is 1900. The van der Waals surface area contributed by atoms with Crippen LogP contribution in [0.25, 0.3) is 10.8 Å². The molecule has 6 aliphatic heterocycles. The summed E-state index contributed by atoms with van der Waals surface area (Å²) in [6.07, 6.45) is 10.8. The number of carbonyl (C=O) groups is 1. The molecule has 2 aromatic carbocycles. The molecule has 0 saturated carbocycles. The molecule has 11 nitrogen and oxygen atoms in total. The van der Waals surface area contributed by atoms with Gasteiger partial charge in [0.15, 0.2) is 0 Å². The first kappa shape index (κ1) is 33.9. The van der Waals surface area contributed by atoms with Gasteiger partial charge in [0.05, 0.1) is 54.0 Å². The van der Waals surface area contributed by atoms with E-state index in [0.29, 0.717) is 50.9 Å². The quantitative estimate of drug-likeness (QED) is 0.286. The SMILES string of the molecule is N#CC[C@H]1CN(c2nc(OCC34CCCN3CCC4)nc3c2CCN(c2cccc4cccc(Cl)c24)C3)CCN1C(=O)/C=C/CN1C[C@@H]2C[C@H]1CO2. The van der Waals surface area contributed by atoms with Gasteiger partial charge in [-0.3, -0.25) is 14.6 Å². The van der Waals surface area contributed by atoms with Gasteiger partial charge in [-0.2, -0.15) is 15.2 Å². The molecule has 3 aromatic rings. The number of likely N-dealkylation sites (tertiary alicyclic amines) is 1. The third-order valence-corrected chi connectivity index (χ3v) is 12.8. The zero-order chi connectivity index (χ0) is 35.2. The van der Waals surface area contributed by atoms with Crippen LogP contribution in [-0.2, 0) is 22.5 Å². The number of morpholine rings is 1. The maximum absolute atomic E-state index is 13.5. The second-order valence-corrected chi connectivity index (χ2v) is 15.9. The lowest BCUT2D eigenvalue weighted by atomic mass is 9.95. The summed E-state index contributed by atoms with van der Waals surface area (Å²) in [4.78, 5) is 35.3. The molecule has 3 atom stereocenters. The summed E-state index contributed by atoms with van der Waals surface area (Å²) in [6.45, 7) is 8.39. The van der Waals surface area contributed by atoms with Crippen LogP contribution in [0.2, 0.25) is 5.02 Å². The van der Waals surface area contributed by atoms with Crippen molar-refractivity contribution in [3.8, 4) is 12.1 Å². The second-order valence-electron chi connectivity index (χ2n) is 15.4. The highest BCUT2D eigenvalue weighted by Crippen LogP contribution is 2.40. The van der Waals surface area contributed by atoms with Gasteiger partial charge in [-0.15, -0.1) is 0 Å². The fraction of sp³-hybridized carbons (Fsp3) is 0.550. The lowest BCUT2D eigenvalue weighted by Crippen LogP contribution is -2.55. The van der Waals surface area contributed by atoms with Crippen LogP contribution < -0.4 is 14.5 Å². The van der Waals surface area contributed by atoms with Crippen LogP contribution in [0.3, 0.4) is 0 Å². The Hall–Kier alpha value is -3.95. The van der Waals surface area contributed by atoms with E-state index in [2.05, 4.69) is 49.9 Å². The molecule has 2 bridgehead atoms. The van der Waals surface area contributed by atoms with Gasteiger partial charge in [0, 0.05) is 68.0 Å². The third-order valence-electron chi connectivity index (χ3n) is 12.5. The Morgan fingerprint density at radius 3 is 2.69 bits per heavy atom. The van der Waals surface area contributed by atoms with Crippen molar-refractivity contribution in [1.29, 1.82) is 5.26 Å². The van der Waals surface area contributed by atoms with E-state index in [1.165, 1.54) is 12.8 Å². The molecule has 1 amide bonds. The molecule has 7 heterocycles. The van der Waals surface area contributed by atoms with E-state index in [1.807, 2.05) is 23.1 Å². The minimum atomic E-state index is -0.246. The minimum Gasteiger partial charge on any atom is -0.461 e. The Kier molecular flexibility index (Phi) is 9.20. The van der Waals surface area contributed by atoms with Gasteiger partial charge in [-0.05, 0) is 69.1 Å². The predicted molar refractivity (Wildman–Crippen MR) is 201 cm³/mol. The average Bonchev–Trinajstić information content (AvgIpc) is 3.96. The van der Waals surface area contributed by atoms with E-state index in [1.54, 1.807) is 6.08 Å². The number of hydrogen-bond donors (Lipinski definition) is 0. The summed E-state index contributed by atoms with van der Waals surface area (Å²) in [5.74, 6) is 0.843. The van der Waals surface area contributed by atoms with E-state index in [4.69, 9.17) is 31.0 Å². The molecular formula is C40H47ClN8O3. The van der Waals surface area contributed by atoms with Gasteiger partial charge in [0.1, 0.15) is 12.4 Å². The standard InChI is InChI=1S/C40H47ClN8O3/c41-33-8-1-6-28-7-2-9-35(37(28)33)46-19-12-32-34(25-46)43-39(52-27-40-13-4-17-48(40)18-5-14-40)44-38(32)47-20-21-49(29(23-47)11-15-42)36(50)10-3-16-45-24-31-22-30(45)26-51-31/h1-3,6-10,29-31H,4-5,11-14,16-27H2/b10-3+/t29-,30-,31-/m0/s1. The van der Waals surface area contributed by atoms with Crippen LogP contribution in [0, 0.1) is 11.3 Å². The molecule has 9 rings (SSSR count). The number of amides is 1. The fourth-order valence-corrected chi connectivity index (χ4v) is 10.1. The summed E-state index contributed by atoms with van der Waals surface area (Å²) in [5.41, 5.74) is 3.25. The summed E-state index contributed by atoms with van der Waals surface area (Å²) in [7, 11) is 0. The molecular weight excluding hydrogens is 676 g/mol. The predicted octanol–water partition coefficient (Wildman–Crippen LogP) is 4.81. The lowest BCUT2D eigenvalue weighted by molar-refractivity contribution is -0.128. The van der Waals surface area contributed by atoms with Crippen molar-refractivity contribution < 1.29 is 14.3 Å². The third kappa shape index (κ3) is 6.27. The average molecular weight is 723 g/mol. The van der Waals surface area contributed by atoms with Crippen LogP contribution in [0.15, 0.2) is 48.6 Å². The van der Waals surface area contributed by atoms with Crippen molar-refractivity contribution in [1.82, 2.24) is 24.7 Å². The maximum atomic E-state index is 13.5. The Labute approximate surface area is 310 Å². The van der Waals surface area contributed by atoms with Crippen LogP contribution in [-0.4, -0.2) is 120 Å². The van der Waals surface area contributed by atoms with E-state index in [0.717, 1.165) is 104 Å². The molecule has 0 aliphatic carbocycles. The summed E-state index contributed by atoms with van der Waals surface area (Å²) in [6, 6.07) is 15.4. The largest absolute Gasteiger partial charge is 0.461 e. The molecule has 6 aliphatic rings. The molecule has 5 saturated heterocycles. The van der Waals surface area contributed by atoms with Crippen molar-refractivity contribution in [2.24, 2.45) is 0 Å². The maximum Gasteiger partial charge on any atom is 0.318 e. The molecule has 52 heavy (non-hydrogen) atoms. The molecule has 5 fully saturated rings. The molecule has 1 aromatic heterocycles. The summed E-state index contributed by atoms with van der Waals surface area (Å²) >= 11 is 6.78. The van der Waals surface area contributed by atoms with Gasteiger partial charge >= 0.3 is 6.01 Å². The molecule has 12 heteroatoms. The number of anilines is 2. The van der Waals surface area contributed by atoms with Crippen LogP contribution in [0.5, 0.6) is 6.01 Å². The van der Waals surface area contributed by atoms with Crippen LogP contribution >= 0.6 is 11.6 Å². The number of halogens is 1. The highest BCUT2D eigenvalue weighted by molar-refractivity contribution is 6.36. The lowest BCUT2D eigenvalue weighted by Gasteiger charge is -2.42. The van der Waals surface area contributed by atoms with Crippen molar-refractivity contribution >= 4 is 39.8 Å². The number of hydrogen-bond acceptors (Lipinski definition) is 10. The van der Waals surface area contributed by atoms with Gasteiger partial charge in [0.2, 0.25) is 5.91 Å². The van der Waals surface area contributed by atoms with Gasteiger partial charge in [-0.25, -0.2) is 0 Å². The zero-order valence-electron chi connectivity index (χ0n) is 29.8. The number of carbonyl (C=O) groups excluding carboxylic acids is 1. The highest BCUT2D eigenvalue weighted by Gasteiger charge is 2.45. The highest BCUT2D eigenvalue weighted by atomic mass is 35.5. The van der Waals surface area contributed by atoms with Crippen molar-refractivity contribution in [3.05, 3.63) is 64.8 Å². The molecule has 0 unspecified atom stereocenters. The number of aromatic nitrogens is 2. The Morgan fingerprint density at radius 1 is 1.06 bits per heavy atom. The number of nitriles is 1. The summed E-state index contributed by atoms with van der Waals surface area (Å²) < 4.78 is 12.3. The topological polar surface area (TPSA) is 101 Å². The second kappa shape index (κ2) is 14.1. The molecule has 0 radical (unpaired) electrons. The van der Waals surface area contributed by atoms with Crippen molar-refractivity contribution in [3.63, 3.8) is 0 Å². The van der Waals surface area contributed by atoms with E-state index < -0.39 is 0 Å². The van der Waals surface area contributed by atoms with Gasteiger partial charge in [-0.1, -0.05) is 41.9 Å². The van der Waals surface area contributed by atoms with Crippen LogP contribution in [0.4, 0.5) is 11.5 Å². The van der Waals surface area contributed by atoms with E-state index in [-0.39, 0.29) is 23.9 Å². The number of benzene rings is 2.